The molecular formula is C14H14N4O2. The van der Waals surface area contributed by atoms with E-state index >= 15 is 0 Å². The number of imide groups is 1. The van der Waals surface area contributed by atoms with Crippen molar-refractivity contribution in [2.24, 2.45) is 0 Å². The lowest BCUT2D eigenvalue weighted by molar-refractivity contribution is -0.126. The highest BCUT2D eigenvalue weighted by molar-refractivity contribution is 6.07. The summed E-state index contributed by atoms with van der Waals surface area (Å²) in [6.07, 6.45) is 4.88. The Kier molecular flexibility index (Phi) is 2.90. The Morgan fingerprint density at radius 3 is 2.85 bits per heavy atom. The number of carbonyl (C=O) groups is 2. The van der Waals surface area contributed by atoms with Crippen LogP contribution >= 0.6 is 0 Å². The van der Waals surface area contributed by atoms with Crippen LogP contribution in [0.2, 0.25) is 0 Å². The summed E-state index contributed by atoms with van der Waals surface area (Å²) in [5.41, 5.74) is 0.439. The van der Waals surface area contributed by atoms with Gasteiger partial charge in [-0.2, -0.15) is 5.26 Å². The first-order valence-electron chi connectivity index (χ1n) is 6.64. The standard InChI is InChI=1S/C14H14N4O2/c15-8-11-7-10(3-6-16-11)9-18-13(20)17-12(19)14(18)4-1-2-5-14/h3,6-7H,1-2,4-5,9H2,(H,17,19,20). The summed E-state index contributed by atoms with van der Waals surface area (Å²) in [4.78, 5) is 29.6. The van der Waals surface area contributed by atoms with Crippen molar-refractivity contribution in [3.8, 4) is 6.07 Å². The number of hydrogen-bond acceptors (Lipinski definition) is 4. The summed E-state index contributed by atoms with van der Waals surface area (Å²) in [5, 5.41) is 11.3. The average molecular weight is 270 g/mol. The molecule has 2 heterocycles. The molecule has 3 amide bonds. The average Bonchev–Trinajstić information content (AvgIpc) is 3.02. The van der Waals surface area contributed by atoms with Crippen LogP contribution in [0.3, 0.4) is 0 Å². The van der Waals surface area contributed by atoms with Crippen molar-refractivity contribution in [3.63, 3.8) is 0 Å². The zero-order valence-electron chi connectivity index (χ0n) is 10.9. The molecule has 102 valence electrons. The van der Waals surface area contributed by atoms with Gasteiger partial charge in [-0.25, -0.2) is 9.78 Å². The Hall–Kier alpha value is -2.42. The fourth-order valence-corrected chi connectivity index (χ4v) is 3.09. The molecule has 2 aliphatic rings. The maximum atomic E-state index is 12.1. The molecule has 0 atom stereocenters. The molecule has 1 aliphatic carbocycles. The van der Waals surface area contributed by atoms with Gasteiger partial charge in [0.15, 0.2) is 0 Å². The summed E-state index contributed by atoms with van der Waals surface area (Å²) in [5.74, 6) is -0.186. The van der Waals surface area contributed by atoms with E-state index in [4.69, 9.17) is 5.26 Å². The number of nitriles is 1. The molecule has 1 saturated heterocycles. The van der Waals surface area contributed by atoms with E-state index in [-0.39, 0.29) is 11.9 Å². The molecule has 1 N–H and O–H groups in total. The lowest BCUT2D eigenvalue weighted by Crippen LogP contribution is -2.46. The Morgan fingerprint density at radius 1 is 1.40 bits per heavy atom. The number of nitrogens with one attached hydrogen (secondary N) is 1. The first-order valence-corrected chi connectivity index (χ1v) is 6.64. The number of pyridine rings is 1. The van der Waals surface area contributed by atoms with Gasteiger partial charge in [0.1, 0.15) is 17.3 Å². The largest absolute Gasteiger partial charge is 0.325 e. The van der Waals surface area contributed by atoms with Crippen LogP contribution in [0.5, 0.6) is 0 Å². The van der Waals surface area contributed by atoms with Crippen molar-refractivity contribution in [1.82, 2.24) is 15.2 Å². The van der Waals surface area contributed by atoms with E-state index in [1.54, 1.807) is 23.2 Å². The van der Waals surface area contributed by atoms with Gasteiger partial charge in [0.05, 0.1) is 0 Å². The molecule has 1 spiro atoms. The summed E-state index contributed by atoms with van der Waals surface area (Å²) in [6, 6.07) is 5.05. The van der Waals surface area contributed by atoms with Crippen molar-refractivity contribution in [1.29, 1.82) is 5.26 Å². The minimum absolute atomic E-state index is 0.186. The zero-order valence-corrected chi connectivity index (χ0v) is 10.9. The molecule has 20 heavy (non-hydrogen) atoms. The Morgan fingerprint density at radius 2 is 2.15 bits per heavy atom. The van der Waals surface area contributed by atoms with E-state index in [2.05, 4.69) is 10.3 Å². The van der Waals surface area contributed by atoms with Crippen molar-refractivity contribution in [3.05, 3.63) is 29.6 Å². The van der Waals surface area contributed by atoms with Crippen molar-refractivity contribution >= 4 is 11.9 Å². The minimum Gasteiger partial charge on any atom is -0.305 e. The first kappa shape index (κ1) is 12.6. The molecule has 0 radical (unpaired) electrons. The smallest absolute Gasteiger partial charge is 0.305 e. The molecule has 3 rings (SSSR count). The lowest BCUT2D eigenvalue weighted by Gasteiger charge is -2.31. The van der Waals surface area contributed by atoms with Gasteiger partial charge in [0.2, 0.25) is 0 Å². The monoisotopic (exact) mass is 270 g/mol. The molecule has 2 fully saturated rings. The SMILES string of the molecule is N#Cc1cc(CN2C(=O)NC(=O)C23CCCC3)ccn1. The Balaban J connectivity index is 1.90. The molecule has 0 aromatic carbocycles. The number of urea groups is 1. The molecule has 0 unspecified atom stereocenters. The topological polar surface area (TPSA) is 86.1 Å². The van der Waals surface area contributed by atoms with Crippen LogP contribution in [-0.4, -0.2) is 27.4 Å². The molecular weight excluding hydrogens is 256 g/mol. The third kappa shape index (κ3) is 1.83. The van der Waals surface area contributed by atoms with Crippen molar-refractivity contribution < 1.29 is 9.59 Å². The van der Waals surface area contributed by atoms with Crippen molar-refractivity contribution in [2.75, 3.05) is 0 Å². The number of nitrogens with zero attached hydrogens (tertiary/aromatic N) is 3. The second kappa shape index (κ2) is 4.60. The van der Waals surface area contributed by atoms with E-state index in [0.29, 0.717) is 25.1 Å². The molecule has 6 nitrogen and oxygen atoms in total. The number of hydrogen-bond donors (Lipinski definition) is 1. The number of aromatic nitrogens is 1. The molecule has 1 aliphatic heterocycles. The highest BCUT2D eigenvalue weighted by Gasteiger charge is 2.53. The fourth-order valence-electron chi connectivity index (χ4n) is 3.09. The van der Waals surface area contributed by atoms with Crippen LogP contribution < -0.4 is 5.32 Å². The Bertz CT molecular complexity index is 614. The van der Waals surface area contributed by atoms with Crippen LogP contribution in [0.1, 0.15) is 36.9 Å². The second-order valence-corrected chi connectivity index (χ2v) is 5.25. The molecule has 1 aromatic rings. The maximum Gasteiger partial charge on any atom is 0.325 e. The zero-order chi connectivity index (χ0) is 14.2. The van der Waals surface area contributed by atoms with Crippen LogP contribution in [0.25, 0.3) is 0 Å². The third-order valence-corrected chi connectivity index (χ3v) is 4.12. The van der Waals surface area contributed by atoms with Crippen LogP contribution in [-0.2, 0) is 11.3 Å². The predicted octanol–water partition coefficient (Wildman–Crippen LogP) is 1.32. The van der Waals surface area contributed by atoms with Gasteiger partial charge in [-0.05, 0) is 30.5 Å². The van der Waals surface area contributed by atoms with Gasteiger partial charge in [0, 0.05) is 12.7 Å². The van der Waals surface area contributed by atoms with Gasteiger partial charge < -0.3 is 4.90 Å². The van der Waals surface area contributed by atoms with Crippen LogP contribution in [0, 0.1) is 11.3 Å². The van der Waals surface area contributed by atoms with Gasteiger partial charge in [-0.15, -0.1) is 0 Å². The summed E-state index contributed by atoms with van der Waals surface area (Å²) in [7, 11) is 0. The minimum atomic E-state index is -0.687. The van der Waals surface area contributed by atoms with E-state index in [1.807, 2.05) is 6.07 Å². The molecule has 1 saturated carbocycles. The molecule has 0 bridgehead atoms. The van der Waals surface area contributed by atoms with Gasteiger partial charge in [-0.3, -0.25) is 10.1 Å². The fraction of sp³-hybridized carbons (Fsp3) is 0.429. The number of amides is 3. The lowest BCUT2D eigenvalue weighted by atomic mass is 9.95. The van der Waals surface area contributed by atoms with Gasteiger partial charge in [0.25, 0.3) is 5.91 Å². The first-order chi connectivity index (χ1) is 9.65. The van der Waals surface area contributed by atoms with Crippen molar-refractivity contribution in [2.45, 2.75) is 37.8 Å². The van der Waals surface area contributed by atoms with Gasteiger partial charge >= 0.3 is 6.03 Å². The quantitative estimate of drug-likeness (QED) is 0.821. The third-order valence-electron chi connectivity index (χ3n) is 4.12. The van der Waals surface area contributed by atoms with Gasteiger partial charge in [-0.1, -0.05) is 12.8 Å². The van der Waals surface area contributed by atoms with E-state index < -0.39 is 5.54 Å². The summed E-state index contributed by atoms with van der Waals surface area (Å²) >= 11 is 0. The summed E-state index contributed by atoms with van der Waals surface area (Å²) < 4.78 is 0. The van der Waals surface area contributed by atoms with Crippen LogP contribution in [0.4, 0.5) is 4.79 Å². The highest BCUT2D eigenvalue weighted by Crippen LogP contribution is 2.39. The second-order valence-electron chi connectivity index (χ2n) is 5.25. The molecule has 1 aromatic heterocycles. The normalized spacial score (nSPS) is 20.2. The van der Waals surface area contributed by atoms with E-state index in [0.717, 1.165) is 18.4 Å². The predicted molar refractivity (Wildman–Crippen MR) is 69.2 cm³/mol. The van der Waals surface area contributed by atoms with E-state index in [1.165, 1.54) is 0 Å². The van der Waals surface area contributed by atoms with E-state index in [9.17, 15) is 9.59 Å². The maximum absolute atomic E-state index is 12.1. The summed E-state index contributed by atoms with van der Waals surface area (Å²) in [6.45, 7) is 0.328. The number of rotatable bonds is 2. The Labute approximate surface area is 116 Å². The van der Waals surface area contributed by atoms with Crippen LogP contribution in [0.15, 0.2) is 18.3 Å². The molecule has 6 heteroatoms. The number of carbonyl (C=O) groups excluding carboxylic acids is 2. The highest BCUT2D eigenvalue weighted by atomic mass is 16.2.